The number of hydrogen-bond acceptors (Lipinski definition) is 5. The zero-order valence-electron chi connectivity index (χ0n) is 21.4. The Morgan fingerprint density at radius 3 is 2.03 bits per heavy atom. The number of nitrogens with two attached hydrogens (primary N) is 1. The summed E-state index contributed by atoms with van der Waals surface area (Å²) in [5.74, 6) is 0.797. The smallest absolute Gasteiger partial charge is 0.244 e. The maximum Gasteiger partial charge on any atom is 0.244 e. The van der Waals surface area contributed by atoms with Crippen molar-refractivity contribution in [3.8, 4) is 0 Å². The van der Waals surface area contributed by atoms with Gasteiger partial charge in [-0.15, -0.1) is 0 Å². The van der Waals surface area contributed by atoms with E-state index < -0.39 is 17.9 Å². The van der Waals surface area contributed by atoms with Crippen molar-refractivity contribution < 1.29 is 14.6 Å². The molecular weight excluding hydrogens is 420 g/mol. The quantitative estimate of drug-likeness (QED) is 0.230. The predicted octanol–water partition coefficient (Wildman–Crippen LogP) is 5.87. The topological polar surface area (TPSA) is 75.8 Å². The normalized spacial score (nSPS) is 19.9. The van der Waals surface area contributed by atoms with Crippen molar-refractivity contribution in [1.29, 1.82) is 0 Å². The van der Waals surface area contributed by atoms with E-state index in [-0.39, 0.29) is 11.9 Å². The van der Waals surface area contributed by atoms with E-state index in [1.807, 2.05) is 13.8 Å². The number of aliphatic hydroxyl groups excluding tert-OH is 1. The van der Waals surface area contributed by atoms with Gasteiger partial charge in [-0.1, -0.05) is 90.4 Å². The molecule has 1 saturated heterocycles. The molecule has 1 aliphatic heterocycles. The van der Waals surface area contributed by atoms with Gasteiger partial charge in [0.1, 0.15) is 11.8 Å². The molecule has 0 aromatic rings. The van der Waals surface area contributed by atoms with Crippen LogP contribution in [0.25, 0.3) is 0 Å². The van der Waals surface area contributed by atoms with Gasteiger partial charge in [0.05, 0.1) is 18.8 Å². The number of rotatable bonds is 19. The van der Waals surface area contributed by atoms with Crippen LogP contribution in [0, 0.1) is 0 Å². The van der Waals surface area contributed by atoms with Crippen molar-refractivity contribution in [2.75, 3.05) is 18.6 Å². The molecule has 1 amide bonds. The van der Waals surface area contributed by atoms with Gasteiger partial charge in [-0.05, 0) is 38.7 Å². The molecule has 6 heteroatoms. The lowest BCUT2D eigenvalue weighted by atomic mass is 10.00. The van der Waals surface area contributed by atoms with Crippen LogP contribution in [0.4, 0.5) is 0 Å². The van der Waals surface area contributed by atoms with Gasteiger partial charge < -0.3 is 20.5 Å². The van der Waals surface area contributed by atoms with E-state index in [9.17, 15) is 9.90 Å². The summed E-state index contributed by atoms with van der Waals surface area (Å²) in [5.41, 5.74) is 5.54. The third kappa shape index (κ3) is 11.2. The fourth-order valence-corrected chi connectivity index (χ4v) is 5.18. The molecule has 3 N–H and O–H groups in total. The van der Waals surface area contributed by atoms with E-state index in [1.165, 1.54) is 70.6 Å². The lowest BCUT2D eigenvalue weighted by Gasteiger charge is -2.36. The zero-order chi connectivity index (χ0) is 23.8. The van der Waals surface area contributed by atoms with Crippen LogP contribution in [0.1, 0.15) is 117 Å². The second kappa shape index (κ2) is 17.2. The average Bonchev–Trinajstić information content (AvgIpc) is 3.08. The van der Waals surface area contributed by atoms with Crippen molar-refractivity contribution in [2.24, 2.45) is 5.73 Å². The van der Waals surface area contributed by atoms with Gasteiger partial charge in [0.2, 0.25) is 5.91 Å². The van der Waals surface area contributed by atoms with Crippen molar-refractivity contribution in [1.82, 2.24) is 4.90 Å². The molecule has 32 heavy (non-hydrogen) atoms. The van der Waals surface area contributed by atoms with E-state index >= 15 is 0 Å². The Kier molecular flexibility index (Phi) is 16.0. The molecule has 0 aromatic heterocycles. The Balaban J connectivity index is 2.16. The van der Waals surface area contributed by atoms with Crippen LogP contribution < -0.4 is 5.73 Å². The first-order valence-electron chi connectivity index (χ1n) is 13.2. The van der Waals surface area contributed by atoms with Crippen molar-refractivity contribution in [3.63, 3.8) is 0 Å². The monoisotopic (exact) mass is 472 g/mol. The summed E-state index contributed by atoms with van der Waals surface area (Å²) < 4.78 is 5.85. The van der Waals surface area contributed by atoms with E-state index in [0.29, 0.717) is 13.0 Å². The van der Waals surface area contributed by atoms with Gasteiger partial charge in [0, 0.05) is 0 Å². The molecule has 1 fully saturated rings. The third-order valence-electron chi connectivity index (χ3n) is 6.77. The minimum Gasteiger partial charge on any atom is -0.391 e. The minimum absolute atomic E-state index is 0.0412. The maximum absolute atomic E-state index is 13.1. The standard InChI is InChI=1S/C26H52N2O3S/c1-5-6-7-8-9-10-11-12-13-14-15-16-17-18-23(29)24(27)25(30)28-22(19-20-32-4)21-31-26(28,2)3/h22-24,29H,5-21,27H2,1-4H3/t22-,23+,24+/m0/s1. The Morgan fingerprint density at radius 2 is 1.53 bits per heavy atom. The highest BCUT2D eigenvalue weighted by Gasteiger charge is 2.45. The molecule has 0 saturated carbocycles. The number of aliphatic hydroxyl groups is 1. The second-order valence-corrected chi connectivity index (χ2v) is 11.0. The Labute approximate surface area is 202 Å². The average molecular weight is 473 g/mol. The van der Waals surface area contributed by atoms with Crippen molar-refractivity contribution in [3.05, 3.63) is 0 Å². The number of nitrogens with zero attached hydrogens (tertiary/aromatic N) is 1. The summed E-state index contributed by atoms with van der Waals surface area (Å²) in [6.07, 6.45) is 19.6. The molecule has 0 radical (unpaired) electrons. The van der Waals surface area contributed by atoms with E-state index in [0.717, 1.165) is 25.0 Å². The summed E-state index contributed by atoms with van der Waals surface area (Å²) in [6, 6.07) is -0.829. The van der Waals surface area contributed by atoms with Gasteiger partial charge in [0.15, 0.2) is 0 Å². The molecule has 0 spiro atoms. The Morgan fingerprint density at radius 1 is 1.03 bits per heavy atom. The van der Waals surface area contributed by atoms with Gasteiger partial charge in [0.25, 0.3) is 0 Å². The first-order chi connectivity index (χ1) is 15.3. The van der Waals surface area contributed by atoms with E-state index in [4.69, 9.17) is 10.5 Å². The largest absolute Gasteiger partial charge is 0.391 e. The first-order valence-corrected chi connectivity index (χ1v) is 14.6. The van der Waals surface area contributed by atoms with Gasteiger partial charge in [-0.25, -0.2) is 0 Å². The highest BCUT2D eigenvalue weighted by Crippen LogP contribution is 2.30. The fraction of sp³-hybridized carbons (Fsp3) is 0.962. The Hall–Kier alpha value is -0.300. The van der Waals surface area contributed by atoms with E-state index in [1.54, 1.807) is 16.7 Å². The highest BCUT2D eigenvalue weighted by molar-refractivity contribution is 7.98. The number of ether oxygens (including phenoxy) is 1. The summed E-state index contributed by atoms with van der Waals surface area (Å²) in [7, 11) is 0. The van der Waals surface area contributed by atoms with Crippen LogP contribution in [0.5, 0.6) is 0 Å². The predicted molar refractivity (Wildman–Crippen MR) is 138 cm³/mol. The number of amides is 1. The molecule has 0 aliphatic carbocycles. The lowest BCUT2D eigenvalue weighted by molar-refractivity contribution is -0.150. The molecule has 1 rings (SSSR count). The zero-order valence-corrected chi connectivity index (χ0v) is 22.3. The second-order valence-electron chi connectivity index (χ2n) is 10.0. The molecule has 1 aliphatic rings. The Bertz CT molecular complexity index is 490. The highest BCUT2D eigenvalue weighted by atomic mass is 32.2. The van der Waals surface area contributed by atoms with Crippen LogP contribution in [0.2, 0.25) is 0 Å². The minimum atomic E-state index is -0.870. The van der Waals surface area contributed by atoms with Gasteiger partial charge >= 0.3 is 0 Å². The van der Waals surface area contributed by atoms with Crippen molar-refractivity contribution >= 4 is 17.7 Å². The lowest BCUT2D eigenvalue weighted by Crippen LogP contribution is -2.57. The van der Waals surface area contributed by atoms with Crippen molar-refractivity contribution in [2.45, 2.75) is 141 Å². The number of carbonyl (C=O) groups excluding carboxylic acids is 1. The summed E-state index contributed by atoms with van der Waals surface area (Å²) in [5, 5.41) is 10.5. The van der Waals surface area contributed by atoms with Crippen LogP contribution in [0.3, 0.4) is 0 Å². The molecule has 0 bridgehead atoms. The molecule has 190 valence electrons. The van der Waals surface area contributed by atoms with Crippen LogP contribution in [-0.4, -0.2) is 58.4 Å². The molecular formula is C26H52N2O3S. The molecule has 0 aromatic carbocycles. The number of hydrogen-bond donors (Lipinski definition) is 2. The van der Waals surface area contributed by atoms with Gasteiger partial charge in [-0.2, -0.15) is 11.8 Å². The number of thioether (sulfide) groups is 1. The summed E-state index contributed by atoms with van der Waals surface area (Å²) >= 11 is 1.77. The molecule has 5 nitrogen and oxygen atoms in total. The fourth-order valence-electron chi connectivity index (χ4n) is 4.67. The van der Waals surface area contributed by atoms with E-state index in [2.05, 4.69) is 13.2 Å². The van der Waals surface area contributed by atoms with Gasteiger partial charge in [-0.3, -0.25) is 4.79 Å². The molecule has 0 unspecified atom stereocenters. The number of carbonyl (C=O) groups is 1. The third-order valence-corrected chi connectivity index (χ3v) is 7.41. The summed E-state index contributed by atoms with van der Waals surface area (Å²) in [6.45, 7) is 6.63. The molecule has 1 heterocycles. The molecule has 3 atom stereocenters. The summed E-state index contributed by atoms with van der Waals surface area (Å²) in [4.78, 5) is 14.8. The first kappa shape index (κ1) is 29.7. The van der Waals surface area contributed by atoms with Crippen LogP contribution in [0.15, 0.2) is 0 Å². The SMILES string of the molecule is CCCCCCCCCCCCCCC[C@@H](O)[C@@H](N)C(=O)N1[C@@H](CCSC)COC1(C)C. The van der Waals surface area contributed by atoms with Crippen LogP contribution >= 0.6 is 11.8 Å². The van der Waals surface area contributed by atoms with Crippen LogP contribution in [-0.2, 0) is 9.53 Å². The number of unbranched alkanes of at least 4 members (excludes halogenated alkanes) is 12. The maximum atomic E-state index is 13.1.